The third kappa shape index (κ3) is 3.62. The van der Waals surface area contributed by atoms with Crippen LogP contribution in [0.4, 0.5) is 13.2 Å². The monoisotopic (exact) mass is 247 g/mol. The summed E-state index contributed by atoms with van der Waals surface area (Å²) >= 11 is 0. The molecule has 0 saturated heterocycles. The zero-order chi connectivity index (χ0) is 13.1. The molecule has 0 aliphatic heterocycles. The molecule has 1 aromatic rings. The molecule has 0 bridgehead atoms. The summed E-state index contributed by atoms with van der Waals surface area (Å²) in [5.74, 6) is -0.651. The van der Waals surface area contributed by atoms with Crippen LogP contribution in [0, 0.1) is 11.3 Å². The minimum atomic E-state index is -4.91. The minimum absolute atomic E-state index is 0.307. The first kappa shape index (κ1) is 13.3. The van der Waals surface area contributed by atoms with E-state index in [0.29, 0.717) is 0 Å². The Morgan fingerprint density at radius 1 is 1.24 bits per heavy atom. The van der Waals surface area contributed by atoms with Crippen molar-refractivity contribution in [1.29, 1.82) is 5.26 Å². The number of hydrogen-bond donors (Lipinski definition) is 2. The Morgan fingerprint density at radius 2 is 1.82 bits per heavy atom. The normalized spacial score (nSPS) is 14.8. The predicted octanol–water partition coefficient (Wildman–Crippen LogP) is 1.50. The molecular weight excluding hydrogens is 239 g/mol. The number of rotatable bonds is 3. The second-order valence-corrected chi connectivity index (χ2v) is 3.10. The van der Waals surface area contributed by atoms with E-state index in [1.807, 2.05) is 0 Å². The van der Waals surface area contributed by atoms with Gasteiger partial charge in [-0.05, 0) is 6.07 Å². The molecule has 4 nitrogen and oxygen atoms in total. The molecule has 2 atom stereocenters. The maximum atomic E-state index is 12.0. The number of aliphatic hydroxyl groups is 2. The van der Waals surface area contributed by atoms with Crippen molar-refractivity contribution >= 4 is 0 Å². The van der Waals surface area contributed by atoms with E-state index in [9.17, 15) is 18.3 Å². The molecule has 2 N–H and O–H groups in total. The molecule has 0 fully saturated rings. The van der Waals surface area contributed by atoms with Gasteiger partial charge in [0.05, 0.1) is 6.07 Å². The second-order valence-electron chi connectivity index (χ2n) is 3.10. The molecule has 0 aliphatic rings. The lowest BCUT2D eigenvalue weighted by molar-refractivity contribution is -0.275. The van der Waals surface area contributed by atoms with Gasteiger partial charge < -0.3 is 14.9 Å². The van der Waals surface area contributed by atoms with Gasteiger partial charge in [0.1, 0.15) is 11.9 Å². The minimum Gasteiger partial charge on any atom is -0.405 e. The van der Waals surface area contributed by atoms with Crippen molar-refractivity contribution < 1.29 is 28.1 Å². The van der Waals surface area contributed by atoms with Crippen molar-refractivity contribution in [2.45, 2.75) is 18.6 Å². The highest BCUT2D eigenvalue weighted by molar-refractivity contribution is 5.36. The van der Waals surface area contributed by atoms with Gasteiger partial charge in [0.2, 0.25) is 0 Å². The van der Waals surface area contributed by atoms with Crippen molar-refractivity contribution in [1.82, 2.24) is 0 Å². The van der Waals surface area contributed by atoms with E-state index in [-0.39, 0.29) is 5.56 Å². The van der Waals surface area contributed by atoms with Crippen LogP contribution >= 0.6 is 0 Å². The quantitative estimate of drug-likeness (QED) is 0.794. The van der Waals surface area contributed by atoms with Crippen molar-refractivity contribution in [3.63, 3.8) is 0 Å². The fourth-order valence-corrected chi connectivity index (χ4v) is 1.18. The van der Waals surface area contributed by atoms with Gasteiger partial charge in [-0.1, -0.05) is 18.2 Å². The lowest BCUT2D eigenvalue weighted by Gasteiger charge is -2.17. The first-order valence-corrected chi connectivity index (χ1v) is 4.45. The molecule has 92 valence electrons. The number of nitriles is 1. The van der Waals surface area contributed by atoms with Gasteiger partial charge in [-0.3, -0.25) is 0 Å². The molecular formula is C10H8F3NO3. The van der Waals surface area contributed by atoms with Crippen LogP contribution in [0.15, 0.2) is 24.3 Å². The van der Waals surface area contributed by atoms with Crippen molar-refractivity contribution in [2.24, 2.45) is 0 Å². The summed E-state index contributed by atoms with van der Waals surface area (Å²) in [5, 5.41) is 26.9. The van der Waals surface area contributed by atoms with Crippen LogP contribution in [-0.4, -0.2) is 22.7 Å². The Balaban J connectivity index is 3.04. The summed E-state index contributed by atoms with van der Waals surface area (Å²) in [5.41, 5.74) is -0.307. The number of ether oxygens (including phenoxy) is 1. The lowest BCUT2D eigenvalue weighted by Crippen LogP contribution is -2.21. The smallest absolute Gasteiger partial charge is 0.405 e. The number of alkyl halides is 3. The number of halogens is 3. The molecule has 0 aliphatic carbocycles. The van der Waals surface area contributed by atoms with Crippen LogP contribution in [0.25, 0.3) is 0 Å². The van der Waals surface area contributed by atoms with Crippen molar-refractivity contribution in [2.75, 3.05) is 0 Å². The van der Waals surface area contributed by atoms with Crippen LogP contribution in [-0.2, 0) is 0 Å². The van der Waals surface area contributed by atoms with Gasteiger partial charge in [-0.2, -0.15) is 5.26 Å². The van der Waals surface area contributed by atoms with E-state index >= 15 is 0 Å². The summed E-state index contributed by atoms with van der Waals surface area (Å²) in [4.78, 5) is 0. The number of aliphatic hydroxyl groups excluding tert-OH is 2. The molecule has 0 radical (unpaired) electrons. The molecule has 2 unspecified atom stereocenters. The maximum absolute atomic E-state index is 12.0. The molecule has 0 amide bonds. The molecule has 17 heavy (non-hydrogen) atoms. The number of nitrogens with zero attached hydrogens (tertiary/aromatic N) is 1. The fourth-order valence-electron chi connectivity index (χ4n) is 1.18. The Morgan fingerprint density at radius 3 is 2.35 bits per heavy atom. The van der Waals surface area contributed by atoms with Crippen LogP contribution < -0.4 is 4.74 Å². The summed E-state index contributed by atoms with van der Waals surface area (Å²) in [6.45, 7) is 0. The van der Waals surface area contributed by atoms with Crippen molar-refractivity contribution in [3.05, 3.63) is 29.8 Å². The zero-order valence-corrected chi connectivity index (χ0v) is 8.35. The standard InChI is InChI=1S/C10H8F3NO3/c11-10(12,13)17-8-4-2-1-3-6(8)9(16)7(15)5-14/h1-4,7,9,15-16H. The summed E-state index contributed by atoms with van der Waals surface area (Å²) in [6.07, 6.45) is -8.50. The Hall–Kier alpha value is -1.78. The first-order valence-electron chi connectivity index (χ1n) is 4.45. The second kappa shape index (κ2) is 5.03. The van der Waals surface area contributed by atoms with E-state index in [0.717, 1.165) is 12.1 Å². The predicted molar refractivity (Wildman–Crippen MR) is 49.7 cm³/mol. The topological polar surface area (TPSA) is 73.5 Å². The van der Waals surface area contributed by atoms with Gasteiger partial charge in [-0.25, -0.2) is 0 Å². The van der Waals surface area contributed by atoms with E-state index in [1.54, 1.807) is 0 Å². The third-order valence-corrected chi connectivity index (χ3v) is 1.89. The molecule has 7 heteroatoms. The first-order chi connectivity index (χ1) is 7.85. The number of hydrogen-bond acceptors (Lipinski definition) is 4. The third-order valence-electron chi connectivity index (χ3n) is 1.89. The Labute approximate surface area is 94.5 Å². The number of para-hydroxylation sites is 1. The van der Waals surface area contributed by atoms with E-state index in [1.165, 1.54) is 18.2 Å². The summed E-state index contributed by atoms with van der Waals surface area (Å²) < 4.78 is 39.8. The molecule has 0 aromatic heterocycles. The highest BCUT2D eigenvalue weighted by atomic mass is 19.4. The highest BCUT2D eigenvalue weighted by Crippen LogP contribution is 2.31. The molecule has 0 saturated carbocycles. The average Bonchev–Trinajstić information content (AvgIpc) is 2.25. The van der Waals surface area contributed by atoms with Crippen LogP contribution in [0.5, 0.6) is 5.75 Å². The Bertz CT molecular complexity index is 428. The Kier molecular flexibility index (Phi) is 3.93. The van der Waals surface area contributed by atoms with E-state index < -0.39 is 24.3 Å². The highest BCUT2D eigenvalue weighted by Gasteiger charge is 2.33. The molecule has 1 aromatic carbocycles. The fraction of sp³-hybridized carbons (Fsp3) is 0.300. The molecule has 0 spiro atoms. The van der Waals surface area contributed by atoms with Gasteiger partial charge in [0, 0.05) is 5.56 Å². The SMILES string of the molecule is N#CC(O)C(O)c1ccccc1OC(F)(F)F. The van der Waals surface area contributed by atoms with Crippen LogP contribution in [0.1, 0.15) is 11.7 Å². The lowest BCUT2D eigenvalue weighted by atomic mass is 10.0. The van der Waals surface area contributed by atoms with Crippen LogP contribution in [0.2, 0.25) is 0 Å². The maximum Gasteiger partial charge on any atom is 0.573 e. The molecule has 1 rings (SSSR count). The largest absolute Gasteiger partial charge is 0.573 e. The van der Waals surface area contributed by atoms with Crippen LogP contribution in [0.3, 0.4) is 0 Å². The summed E-state index contributed by atoms with van der Waals surface area (Å²) in [6, 6.07) is 6.06. The van der Waals surface area contributed by atoms with Gasteiger partial charge in [0.25, 0.3) is 0 Å². The van der Waals surface area contributed by atoms with Crippen molar-refractivity contribution in [3.8, 4) is 11.8 Å². The average molecular weight is 247 g/mol. The van der Waals surface area contributed by atoms with E-state index in [2.05, 4.69) is 4.74 Å². The zero-order valence-electron chi connectivity index (χ0n) is 8.35. The van der Waals surface area contributed by atoms with E-state index in [4.69, 9.17) is 10.4 Å². The van der Waals surface area contributed by atoms with Gasteiger partial charge in [-0.15, -0.1) is 13.2 Å². The number of benzene rings is 1. The molecule has 0 heterocycles. The van der Waals surface area contributed by atoms with Gasteiger partial charge >= 0.3 is 6.36 Å². The summed E-state index contributed by atoms with van der Waals surface area (Å²) in [7, 11) is 0. The van der Waals surface area contributed by atoms with Gasteiger partial charge in [0.15, 0.2) is 6.10 Å².